The molecular weight excluding hydrogens is 452 g/mol. The van der Waals surface area contributed by atoms with Gasteiger partial charge in [-0.15, -0.1) is 0 Å². The lowest BCUT2D eigenvalue weighted by Crippen LogP contribution is -2.29. The first kappa shape index (κ1) is 22.7. The molecule has 0 N–H and O–H groups in total. The van der Waals surface area contributed by atoms with Crippen LogP contribution >= 0.6 is 11.3 Å². The minimum atomic E-state index is -0.471. The normalized spacial score (nSPS) is 15.2. The van der Waals surface area contributed by atoms with Crippen LogP contribution in [0.5, 0.6) is 11.5 Å². The van der Waals surface area contributed by atoms with Crippen LogP contribution < -0.4 is 15.0 Å². The van der Waals surface area contributed by atoms with Crippen LogP contribution in [0.15, 0.2) is 45.9 Å². The number of ether oxygens (including phenoxy) is 3. The van der Waals surface area contributed by atoms with E-state index in [-0.39, 0.29) is 5.56 Å². The Morgan fingerprint density at radius 2 is 2.03 bits per heavy atom. The topological polar surface area (TPSA) is 70.0 Å². The van der Waals surface area contributed by atoms with Crippen LogP contribution in [0.4, 0.5) is 0 Å². The molecule has 0 bridgehead atoms. The highest BCUT2D eigenvalue weighted by atomic mass is 32.1. The largest absolute Gasteiger partial charge is 0.493 e. The molecule has 0 unspecified atom stereocenters. The van der Waals surface area contributed by atoms with Gasteiger partial charge in [0.25, 0.3) is 5.56 Å². The number of nitrogens with zero attached hydrogens (tertiary/aromatic N) is 2. The van der Waals surface area contributed by atoms with E-state index in [2.05, 4.69) is 22.4 Å². The summed E-state index contributed by atoms with van der Waals surface area (Å²) in [6.07, 6.45) is 2.22. The van der Waals surface area contributed by atoms with Crippen molar-refractivity contribution in [2.45, 2.75) is 32.4 Å². The molecule has 4 heterocycles. The summed E-state index contributed by atoms with van der Waals surface area (Å²) in [5.41, 5.74) is 4.56. The van der Waals surface area contributed by atoms with E-state index in [9.17, 15) is 9.59 Å². The molecule has 34 heavy (non-hydrogen) atoms. The number of pyridine rings is 1. The van der Waals surface area contributed by atoms with Gasteiger partial charge in [0.15, 0.2) is 0 Å². The molecule has 0 saturated heterocycles. The fourth-order valence-corrected chi connectivity index (χ4v) is 5.40. The molecule has 3 aromatic rings. The van der Waals surface area contributed by atoms with Crippen molar-refractivity contribution < 1.29 is 19.0 Å². The lowest BCUT2D eigenvalue weighted by molar-refractivity contribution is 0.0593. The minimum Gasteiger partial charge on any atom is -0.493 e. The molecule has 0 radical (unpaired) electrons. The van der Waals surface area contributed by atoms with Crippen molar-refractivity contribution in [1.29, 1.82) is 0 Å². The van der Waals surface area contributed by atoms with Crippen LogP contribution in [0.1, 0.15) is 32.7 Å². The molecule has 0 aliphatic carbocycles. The first-order valence-electron chi connectivity index (χ1n) is 11.6. The summed E-state index contributed by atoms with van der Waals surface area (Å²) >= 11 is 1.63. The smallest absolute Gasteiger partial charge is 0.343 e. The standard InChI is InChI=1S/C26H28N2O5S/c1-31-26(30)25-21-4-8-27(16-19-2-3-22-20(14-19)6-12-32-22)9-10-28(21)24(29)15-23(25)33-11-5-18-7-13-34-17-18/h2-3,7,13-15,17H,4-6,8-12,16H2,1H3. The highest BCUT2D eigenvalue weighted by molar-refractivity contribution is 7.07. The summed E-state index contributed by atoms with van der Waals surface area (Å²) in [5, 5.41) is 4.09. The number of hydrogen-bond donors (Lipinski definition) is 0. The average molecular weight is 481 g/mol. The molecule has 2 aromatic heterocycles. The monoisotopic (exact) mass is 480 g/mol. The van der Waals surface area contributed by atoms with E-state index in [1.165, 1.54) is 29.9 Å². The number of benzene rings is 1. The maximum Gasteiger partial charge on any atom is 0.343 e. The first-order valence-corrected chi connectivity index (χ1v) is 12.5. The zero-order valence-corrected chi connectivity index (χ0v) is 20.1. The van der Waals surface area contributed by atoms with Gasteiger partial charge in [0.1, 0.15) is 17.1 Å². The van der Waals surface area contributed by atoms with Gasteiger partial charge in [0, 0.05) is 57.2 Å². The van der Waals surface area contributed by atoms with Crippen molar-refractivity contribution in [1.82, 2.24) is 9.47 Å². The zero-order valence-electron chi connectivity index (χ0n) is 19.2. The average Bonchev–Trinajstić information content (AvgIpc) is 3.48. The van der Waals surface area contributed by atoms with Crippen molar-refractivity contribution in [2.75, 3.05) is 33.4 Å². The molecule has 2 aliphatic rings. The van der Waals surface area contributed by atoms with Crippen molar-refractivity contribution in [3.05, 3.63) is 79.4 Å². The molecule has 0 amide bonds. The fourth-order valence-electron chi connectivity index (χ4n) is 4.70. The maximum atomic E-state index is 13.0. The molecule has 2 aliphatic heterocycles. The second-order valence-electron chi connectivity index (χ2n) is 8.61. The Kier molecular flexibility index (Phi) is 6.69. The van der Waals surface area contributed by atoms with Crippen LogP contribution in [0.2, 0.25) is 0 Å². The summed E-state index contributed by atoms with van der Waals surface area (Å²) in [5.74, 6) is 0.819. The Morgan fingerprint density at radius 1 is 1.12 bits per heavy atom. The summed E-state index contributed by atoms with van der Waals surface area (Å²) in [6, 6.07) is 9.84. The number of thiophene rings is 1. The van der Waals surface area contributed by atoms with Gasteiger partial charge in [-0.1, -0.05) is 12.1 Å². The Morgan fingerprint density at radius 3 is 2.85 bits per heavy atom. The van der Waals surface area contributed by atoms with Gasteiger partial charge in [-0.2, -0.15) is 11.3 Å². The predicted molar refractivity (Wildman–Crippen MR) is 130 cm³/mol. The number of methoxy groups -OCH3 is 1. The van der Waals surface area contributed by atoms with Crippen LogP contribution in [-0.2, 0) is 37.1 Å². The van der Waals surface area contributed by atoms with Gasteiger partial charge in [-0.3, -0.25) is 9.69 Å². The highest BCUT2D eigenvalue weighted by Gasteiger charge is 2.26. The number of esters is 1. The van der Waals surface area contributed by atoms with E-state index >= 15 is 0 Å². The number of rotatable bonds is 7. The van der Waals surface area contributed by atoms with Crippen molar-refractivity contribution in [3.63, 3.8) is 0 Å². The molecule has 5 rings (SSSR count). The lowest BCUT2D eigenvalue weighted by atomic mass is 10.1. The van der Waals surface area contributed by atoms with E-state index in [1.807, 2.05) is 17.5 Å². The number of hydrogen-bond acceptors (Lipinski definition) is 7. The number of aromatic nitrogens is 1. The minimum absolute atomic E-state index is 0.148. The molecule has 0 fully saturated rings. The molecule has 1 aromatic carbocycles. The first-order chi connectivity index (χ1) is 16.6. The van der Waals surface area contributed by atoms with E-state index in [1.54, 1.807) is 15.9 Å². The van der Waals surface area contributed by atoms with Crippen LogP contribution in [0, 0.1) is 0 Å². The number of fused-ring (bicyclic) bond motifs is 2. The Bertz CT molecular complexity index is 1230. The molecule has 0 spiro atoms. The third-order valence-corrected chi connectivity index (χ3v) is 7.20. The summed E-state index contributed by atoms with van der Waals surface area (Å²) in [4.78, 5) is 28.1. The Hall–Kier alpha value is -3.10. The quantitative estimate of drug-likeness (QED) is 0.484. The maximum absolute atomic E-state index is 13.0. The second kappa shape index (κ2) is 10.0. The zero-order chi connectivity index (χ0) is 23.5. The summed E-state index contributed by atoms with van der Waals surface area (Å²) < 4.78 is 18.4. The van der Waals surface area contributed by atoms with Crippen molar-refractivity contribution >= 4 is 17.3 Å². The van der Waals surface area contributed by atoms with Crippen LogP contribution in [0.25, 0.3) is 0 Å². The van der Waals surface area contributed by atoms with Gasteiger partial charge in [-0.05, 0) is 39.6 Å². The van der Waals surface area contributed by atoms with E-state index in [0.29, 0.717) is 43.0 Å². The van der Waals surface area contributed by atoms with Gasteiger partial charge in [0.2, 0.25) is 0 Å². The molecular formula is C26H28N2O5S. The Balaban J connectivity index is 1.35. The Labute approximate surface area is 202 Å². The van der Waals surface area contributed by atoms with Gasteiger partial charge in [-0.25, -0.2) is 4.79 Å². The highest BCUT2D eigenvalue weighted by Crippen LogP contribution is 2.28. The molecule has 7 nitrogen and oxygen atoms in total. The molecule has 178 valence electrons. The van der Waals surface area contributed by atoms with Crippen molar-refractivity contribution in [2.24, 2.45) is 0 Å². The molecule has 8 heteroatoms. The van der Waals surface area contributed by atoms with E-state index < -0.39 is 5.97 Å². The summed E-state index contributed by atoms with van der Waals surface area (Å²) in [6.45, 7) is 3.89. The van der Waals surface area contributed by atoms with E-state index in [0.717, 1.165) is 38.4 Å². The number of carbonyl (C=O) groups excluding carboxylic acids is 1. The third kappa shape index (κ3) is 4.74. The van der Waals surface area contributed by atoms with Crippen LogP contribution in [0.3, 0.4) is 0 Å². The lowest BCUT2D eigenvalue weighted by Gasteiger charge is -2.19. The van der Waals surface area contributed by atoms with Gasteiger partial charge in [0.05, 0.1) is 20.3 Å². The van der Waals surface area contributed by atoms with Gasteiger partial charge < -0.3 is 18.8 Å². The number of carbonyl (C=O) groups is 1. The van der Waals surface area contributed by atoms with Crippen molar-refractivity contribution in [3.8, 4) is 11.5 Å². The van der Waals surface area contributed by atoms with E-state index in [4.69, 9.17) is 14.2 Å². The predicted octanol–water partition coefficient (Wildman–Crippen LogP) is 3.31. The molecule has 0 saturated carbocycles. The fraction of sp³-hybridized carbons (Fsp3) is 0.385. The van der Waals surface area contributed by atoms with Gasteiger partial charge >= 0.3 is 5.97 Å². The molecule has 0 atom stereocenters. The summed E-state index contributed by atoms with van der Waals surface area (Å²) in [7, 11) is 1.36. The SMILES string of the molecule is COC(=O)c1c(OCCc2ccsc2)cc(=O)n2c1CCN(Cc1ccc3c(c1)CCO3)CC2. The third-order valence-electron chi connectivity index (χ3n) is 6.46. The second-order valence-corrected chi connectivity index (χ2v) is 9.39. The van der Waals surface area contributed by atoms with Crippen LogP contribution in [-0.4, -0.2) is 48.8 Å².